The first-order valence-electron chi connectivity index (χ1n) is 13.0. The highest BCUT2D eigenvalue weighted by Gasteiger charge is 2.21. The summed E-state index contributed by atoms with van der Waals surface area (Å²) in [6, 6.07) is 20.7. The van der Waals surface area contributed by atoms with Crippen LogP contribution in [-0.4, -0.2) is 32.0 Å². The second kappa shape index (κ2) is 11.8. The summed E-state index contributed by atoms with van der Waals surface area (Å²) in [5, 5.41) is 2.16. The molecule has 2 aliphatic rings. The average Bonchev–Trinajstić information content (AvgIpc) is 2.89. The van der Waals surface area contributed by atoms with Gasteiger partial charge in [0.05, 0.1) is 6.07 Å². The van der Waals surface area contributed by atoms with Gasteiger partial charge in [-0.2, -0.15) is 0 Å². The first-order chi connectivity index (χ1) is 17.0. The number of ketones is 1. The summed E-state index contributed by atoms with van der Waals surface area (Å²) < 4.78 is 8.84. The molecule has 0 amide bonds. The summed E-state index contributed by atoms with van der Waals surface area (Å²) in [6.45, 7) is 18.0. The Morgan fingerprint density at radius 1 is 0.857 bits per heavy atom. The molecule has 0 spiro atoms. The fourth-order valence-corrected chi connectivity index (χ4v) is 4.74. The number of hydrogen-bond donors (Lipinski definition) is 0. The molecule has 1 aliphatic carbocycles. The maximum absolute atomic E-state index is 12.5. The monoisotopic (exact) mass is 471 g/mol. The number of fused-ring (bicyclic) bond motifs is 2. The van der Waals surface area contributed by atoms with E-state index in [1.54, 1.807) is 6.92 Å². The fourth-order valence-electron chi connectivity index (χ4n) is 4.74. The molecule has 0 unspecified atom stereocenters. The van der Waals surface area contributed by atoms with Crippen molar-refractivity contribution in [2.45, 2.75) is 48.5 Å². The van der Waals surface area contributed by atoms with Gasteiger partial charge in [-0.3, -0.25) is 4.79 Å². The van der Waals surface area contributed by atoms with Crippen LogP contribution < -0.4 is 14.8 Å². The van der Waals surface area contributed by atoms with Crippen LogP contribution in [0.15, 0.2) is 65.1 Å². The number of carbonyl (C=O) groups excluding carboxylic acids is 1. The van der Waals surface area contributed by atoms with Crippen LogP contribution in [0, 0.1) is 0 Å². The Kier molecular flexibility index (Phi) is 8.86. The van der Waals surface area contributed by atoms with E-state index in [9.17, 15) is 4.79 Å². The van der Waals surface area contributed by atoms with Crippen molar-refractivity contribution >= 4 is 22.4 Å². The predicted octanol–water partition coefficient (Wildman–Crippen LogP) is 7.09. The number of nitrogens with zero attached hydrogens (tertiary/aromatic N) is 2. The Balaban J connectivity index is 0.00000167. The molecule has 0 saturated carbocycles. The summed E-state index contributed by atoms with van der Waals surface area (Å²) in [7, 11) is 0. The van der Waals surface area contributed by atoms with E-state index < -0.39 is 0 Å². The number of hydrogen-bond acceptors (Lipinski definition) is 3. The first kappa shape index (κ1) is 26.2. The molecule has 2 aromatic rings. The third-order valence-corrected chi connectivity index (χ3v) is 6.52. The molecular formula is C31H39N2O2+. The van der Waals surface area contributed by atoms with Gasteiger partial charge in [-0.15, -0.1) is 0 Å². The summed E-state index contributed by atoms with van der Waals surface area (Å²) in [4.78, 5) is 14.8. The van der Waals surface area contributed by atoms with Crippen LogP contribution in [0.4, 0.5) is 5.69 Å². The largest absolute Gasteiger partial charge is 0.456 e. The van der Waals surface area contributed by atoms with E-state index in [2.05, 4.69) is 73.6 Å². The standard InChI is InChI=1S/C29H33N2O2.C2H6/c1-6-30(7-2)21-14-16-25-27(18-21)33-28-19-22(31(8-3)9-4)15-17-26(28)29(25)24-13-11-10-12-23(24)20(5)32;1-2/h10-19H,6-9H2,1-5H3;1-2H3/q+1;. The fraction of sp³-hybridized carbons (Fsp3) is 0.355. The normalized spacial score (nSPS) is 10.7. The van der Waals surface area contributed by atoms with Crippen LogP contribution in [0.1, 0.15) is 58.8 Å². The highest BCUT2D eigenvalue weighted by molar-refractivity contribution is 6.09. The van der Waals surface area contributed by atoms with Crippen LogP contribution >= 0.6 is 0 Å². The van der Waals surface area contributed by atoms with Crippen LogP contribution in [0.25, 0.3) is 33.4 Å². The van der Waals surface area contributed by atoms with Crippen LogP contribution in [0.5, 0.6) is 0 Å². The predicted molar refractivity (Wildman–Crippen MR) is 150 cm³/mol. The first-order valence-corrected chi connectivity index (χ1v) is 13.0. The van der Waals surface area contributed by atoms with Gasteiger partial charge in [0.1, 0.15) is 24.4 Å². The van der Waals surface area contributed by atoms with E-state index in [4.69, 9.17) is 4.42 Å². The molecular weight excluding hydrogens is 432 g/mol. The van der Waals surface area contributed by atoms with Crippen molar-refractivity contribution in [1.29, 1.82) is 0 Å². The lowest BCUT2D eigenvalue weighted by Crippen LogP contribution is -2.29. The third-order valence-electron chi connectivity index (χ3n) is 6.52. The maximum Gasteiger partial charge on any atom is 0.203 e. The second-order valence-corrected chi connectivity index (χ2v) is 8.28. The number of carbonyl (C=O) groups is 1. The minimum Gasteiger partial charge on any atom is -0.456 e. The van der Waals surface area contributed by atoms with Crippen LogP contribution in [0.3, 0.4) is 0 Å². The topological polar surface area (TPSA) is 36.5 Å². The highest BCUT2D eigenvalue weighted by atomic mass is 16.3. The third kappa shape index (κ3) is 5.17. The molecule has 0 saturated heterocycles. The number of benzene rings is 3. The molecule has 35 heavy (non-hydrogen) atoms. The van der Waals surface area contributed by atoms with Crippen molar-refractivity contribution in [3.8, 4) is 22.5 Å². The highest BCUT2D eigenvalue weighted by Crippen LogP contribution is 2.42. The summed E-state index contributed by atoms with van der Waals surface area (Å²) in [5.41, 5.74) is 5.71. The van der Waals surface area contributed by atoms with Crippen molar-refractivity contribution in [2.24, 2.45) is 0 Å². The zero-order valence-electron chi connectivity index (χ0n) is 22.3. The Morgan fingerprint density at radius 2 is 1.54 bits per heavy atom. The molecule has 0 fully saturated rings. The van der Waals surface area contributed by atoms with Crippen molar-refractivity contribution in [2.75, 3.05) is 31.1 Å². The molecule has 1 aliphatic heterocycles. The van der Waals surface area contributed by atoms with Gasteiger partial charge >= 0.3 is 0 Å². The smallest absolute Gasteiger partial charge is 0.203 e. The van der Waals surface area contributed by atoms with Crippen molar-refractivity contribution in [3.63, 3.8) is 0 Å². The van der Waals surface area contributed by atoms with E-state index in [0.29, 0.717) is 0 Å². The lowest BCUT2D eigenvalue weighted by Gasteiger charge is -2.22. The van der Waals surface area contributed by atoms with Crippen LogP contribution in [-0.2, 0) is 0 Å². The van der Waals surface area contributed by atoms with Gasteiger partial charge in [0, 0.05) is 53.0 Å². The van der Waals surface area contributed by atoms with E-state index in [1.807, 2.05) is 38.1 Å². The van der Waals surface area contributed by atoms with Gasteiger partial charge in [-0.25, -0.2) is 4.58 Å². The number of anilines is 1. The van der Waals surface area contributed by atoms with E-state index in [-0.39, 0.29) is 5.78 Å². The summed E-state index contributed by atoms with van der Waals surface area (Å²) in [6.07, 6.45) is 0. The molecule has 1 heterocycles. The molecule has 4 rings (SSSR count). The molecule has 0 aromatic heterocycles. The minimum atomic E-state index is 0.0622. The molecule has 0 radical (unpaired) electrons. The Bertz CT molecular complexity index is 1340. The lowest BCUT2D eigenvalue weighted by molar-refractivity contribution is 0.101. The van der Waals surface area contributed by atoms with E-state index >= 15 is 0 Å². The average molecular weight is 472 g/mol. The van der Waals surface area contributed by atoms with Crippen molar-refractivity contribution in [3.05, 3.63) is 71.6 Å². The Labute approximate surface area is 209 Å². The molecule has 0 bridgehead atoms. The Morgan fingerprint density at radius 3 is 2.17 bits per heavy atom. The quantitative estimate of drug-likeness (QED) is 0.164. The molecule has 0 N–H and O–H groups in total. The summed E-state index contributed by atoms with van der Waals surface area (Å²) >= 11 is 0. The van der Waals surface area contributed by atoms with Gasteiger partial charge in [0.2, 0.25) is 5.36 Å². The second-order valence-electron chi connectivity index (χ2n) is 8.28. The van der Waals surface area contributed by atoms with Gasteiger partial charge in [0.15, 0.2) is 5.78 Å². The number of Topliss-reactive ketones (excluding diaryl/α,β-unsaturated/α-hetero) is 1. The summed E-state index contributed by atoms with van der Waals surface area (Å²) in [5.74, 6) is 0.893. The van der Waals surface area contributed by atoms with Gasteiger partial charge in [0.25, 0.3) is 0 Å². The SMILES string of the molecule is CC.CCN(CC)c1ccc2c(-c3ccccc3C(C)=O)c3ccc(=[N+](CC)CC)cc-3oc2c1. The van der Waals surface area contributed by atoms with E-state index in [1.165, 1.54) is 0 Å². The zero-order valence-corrected chi connectivity index (χ0v) is 22.3. The van der Waals surface area contributed by atoms with Gasteiger partial charge in [-0.05, 0) is 58.4 Å². The molecule has 2 aromatic carbocycles. The molecule has 0 atom stereocenters. The van der Waals surface area contributed by atoms with Crippen molar-refractivity contribution < 1.29 is 9.21 Å². The maximum atomic E-state index is 12.5. The van der Waals surface area contributed by atoms with E-state index in [0.717, 1.165) is 76.2 Å². The molecule has 184 valence electrons. The van der Waals surface area contributed by atoms with Gasteiger partial charge in [-0.1, -0.05) is 38.1 Å². The lowest BCUT2D eigenvalue weighted by atomic mass is 9.89. The molecule has 4 nitrogen and oxygen atoms in total. The number of rotatable bonds is 7. The molecule has 4 heteroatoms. The van der Waals surface area contributed by atoms with Gasteiger partial charge < -0.3 is 9.32 Å². The zero-order chi connectivity index (χ0) is 25.5. The van der Waals surface area contributed by atoms with Crippen molar-refractivity contribution in [1.82, 2.24) is 4.58 Å². The van der Waals surface area contributed by atoms with Crippen LogP contribution in [0.2, 0.25) is 0 Å². The minimum absolute atomic E-state index is 0.0622. The Hall–Kier alpha value is -3.40.